The van der Waals surface area contributed by atoms with E-state index in [4.69, 9.17) is 4.74 Å². The maximum Gasteiger partial charge on any atom is 0.247 e. The normalized spacial score (nSPS) is 15.4. The van der Waals surface area contributed by atoms with Crippen LogP contribution in [0, 0.1) is 6.07 Å². The molecular weight excluding hydrogens is 216 g/mol. The van der Waals surface area contributed by atoms with E-state index in [-0.39, 0.29) is 5.91 Å². The van der Waals surface area contributed by atoms with Crippen LogP contribution in [0.5, 0.6) is 0 Å². The summed E-state index contributed by atoms with van der Waals surface area (Å²) >= 11 is 0. The summed E-state index contributed by atoms with van der Waals surface area (Å²) in [6.45, 7) is 6.71. The van der Waals surface area contributed by atoms with E-state index < -0.39 is 0 Å². The lowest BCUT2D eigenvalue weighted by Gasteiger charge is -2.28. The Labute approximate surface area is 101 Å². The van der Waals surface area contributed by atoms with Crippen molar-refractivity contribution in [3.05, 3.63) is 36.9 Å². The first-order chi connectivity index (χ1) is 8.29. The molecule has 17 heavy (non-hydrogen) atoms. The van der Waals surface area contributed by atoms with Crippen LogP contribution in [0.3, 0.4) is 0 Å². The number of amides is 1. The van der Waals surface area contributed by atoms with Crippen molar-refractivity contribution in [3.8, 4) is 0 Å². The first-order valence-electron chi connectivity index (χ1n) is 5.57. The average Bonchev–Trinajstić information content (AvgIpc) is 2.40. The van der Waals surface area contributed by atoms with E-state index in [0.717, 1.165) is 32.0 Å². The number of anilines is 2. The molecule has 4 heteroatoms. The summed E-state index contributed by atoms with van der Waals surface area (Å²) in [6, 6.07) is 8.73. The topological polar surface area (TPSA) is 41.6 Å². The molecule has 1 aromatic rings. The molecule has 0 aliphatic carbocycles. The minimum absolute atomic E-state index is 0.222. The molecular formula is C13H15N2O2. The SMILES string of the molecule is C=CC(=O)Nc1[c]cc(N2CCOCC2)cc1. The summed E-state index contributed by atoms with van der Waals surface area (Å²) in [6.07, 6.45) is 1.24. The van der Waals surface area contributed by atoms with E-state index in [1.54, 1.807) is 0 Å². The van der Waals surface area contributed by atoms with Crippen LogP contribution in [0.25, 0.3) is 0 Å². The molecule has 1 heterocycles. The number of morpholine rings is 1. The molecule has 0 unspecified atom stereocenters. The fourth-order valence-corrected chi connectivity index (χ4v) is 1.70. The fourth-order valence-electron chi connectivity index (χ4n) is 1.70. The summed E-state index contributed by atoms with van der Waals surface area (Å²) in [5.41, 5.74) is 1.76. The number of hydrogen-bond acceptors (Lipinski definition) is 3. The fraction of sp³-hybridized carbons (Fsp3) is 0.308. The van der Waals surface area contributed by atoms with Crippen LogP contribution in [0.4, 0.5) is 11.4 Å². The van der Waals surface area contributed by atoms with Crippen LogP contribution < -0.4 is 10.2 Å². The summed E-state index contributed by atoms with van der Waals surface area (Å²) in [5.74, 6) is -0.222. The van der Waals surface area contributed by atoms with Crippen LogP contribution >= 0.6 is 0 Å². The second-order valence-corrected chi connectivity index (χ2v) is 3.75. The number of rotatable bonds is 3. The first-order valence-corrected chi connectivity index (χ1v) is 5.57. The molecule has 1 aromatic carbocycles. The van der Waals surface area contributed by atoms with E-state index in [1.165, 1.54) is 6.08 Å². The zero-order valence-corrected chi connectivity index (χ0v) is 9.61. The van der Waals surface area contributed by atoms with Crippen molar-refractivity contribution in [2.24, 2.45) is 0 Å². The molecule has 4 nitrogen and oxygen atoms in total. The number of nitrogens with one attached hydrogen (secondary N) is 1. The smallest absolute Gasteiger partial charge is 0.247 e. The quantitative estimate of drug-likeness (QED) is 0.800. The van der Waals surface area contributed by atoms with Gasteiger partial charge in [0.1, 0.15) is 0 Å². The van der Waals surface area contributed by atoms with E-state index in [0.29, 0.717) is 5.69 Å². The predicted molar refractivity (Wildman–Crippen MR) is 67.1 cm³/mol. The van der Waals surface area contributed by atoms with Gasteiger partial charge in [-0.25, -0.2) is 0 Å². The molecule has 1 aliphatic heterocycles. The second-order valence-electron chi connectivity index (χ2n) is 3.75. The highest BCUT2D eigenvalue weighted by atomic mass is 16.5. The van der Waals surface area contributed by atoms with Crippen molar-refractivity contribution in [2.45, 2.75) is 0 Å². The average molecular weight is 231 g/mol. The van der Waals surface area contributed by atoms with Crippen LogP contribution in [0.15, 0.2) is 30.9 Å². The summed E-state index contributed by atoms with van der Waals surface area (Å²) in [7, 11) is 0. The third kappa shape index (κ3) is 3.07. The maximum absolute atomic E-state index is 11.1. The van der Waals surface area contributed by atoms with Gasteiger partial charge in [0, 0.05) is 30.5 Å². The van der Waals surface area contributed by atoms with Gasteiger partial charge in [-0.3, -0.25) is 4.79 Å². The third-order valence-electron chi connectivity index (χ3n) is 2.62. The van der Waals surface area contributed by atoms with Gasteiger partial charge in [-0.2, -0.15) is 0 Å². The van der Waals surface area contributed by atoms with Crippen LogP contribution in [-0.2, 0) is 9.53 Å². The Morgan fingerprint density at radius 3 is 2.82 bits per heavy atom. The molecule has 1 aliphatic rings. The molecule has 2 rings (SSSR count). The lowest BCUT2D eigenvalue weighted by atomic mass is 10.2. The number of carbonyl (C=O) groups excluding carboxylic acids is 1. The molecule has 1 saturated heterocycles. The molecule has 0 saturated carbocycles. The van der Waals surface area contributed by atoms with E-state index in [1.807, 2.05) is 18.2 Å². The molecule has 1 amide bonds. The zero-order valence-electron chi connectivity index (χ0n) is 9.61. The van der Waals surface area contributed by atoms with Gasteiger partial charge in [-0.1, -0.05) is 6.58 Å². The highest BCUT2D eigenvalue weighted by Crippen LogP contribution is 2.18. The molecule has 0 bridgehead atoms. The highest BCUT2D eigenvalue weighted by Gasteiger charge is 2.10. The number of hydrogen-bond donors (Lipinski definition) is 1. The molecule has 1 fully saturated rings. The molecule has 1 N–H and O–H groups in total. The maximum atomic E-state index is 11.1. The molecule has 0 aromatic heterocycles. The Morgan fingerprint density at radius 2 is 2.24 bits per heavy atom. The Hall–Kier alpha value is -1.81. The number of carbonyl (C=O) groups is 1. The predicted octanol–water partition coefficient (Wildman–Crippen LogP) is 1.45. The van der Waals surface area contributed by atoms with Gasteiger partial charge in [-0.05, 0) is 24.3 Å². The van der Waals surface area contributed by atoms with Crippen molar-refractivity contribution >= 4 is 17.3 Å². The number of nitrogens with zero attached hydrogens (tertiary/aromatic N) is 1. The number of benzene rings is 1. The van der Waals surface area contributed by atoms with Crippen molar-refractivity contribution in [2.75, 3.05) is 36.5 Å². The van der Waals surface area contributed by atoms with Crippen LogP contribution in [0.2, 0.25) is 0 Å². The minimum atomic E-state index is -0.222. The third-order valence-corrected chi connectivity index (χ3v) is 2.62. The van der Waals surface area contributed by atoms with Gasteiger partial charge in [0.15, 0.2) is 0 Å². The van der Waals surface area contributed by atoms with Crippen molar-refractivity contribution in [1.82, 2.24) is 0 Å². The van der Waals surface area contributed by atoms with Gasteiger partial charge >= 0.3 is 0 Å². The lowest BCUT2D eigenvalue weighted by Crippen LogP contribution is -2.36. The van der Waals surface area contributed by atoms with Crippen LogP contribution in [0.1, 0.15) is 0 Å². The minimum Gasteiger partial charge on any atom is -0.378 e. The molecule has 89 valence electrons. The van der Waals surface area contributed by atoms with Gasteiger partial charge in [0.25, 0.3) is 0 Å². The van der Waals surface area contributed by atoms with Gasteiger partial charge < -0.3 is 15.0 Å². The second kappa shape index (κ2) is 5.50. The van der Waals surface area contributed by atoms with Crippen molar-refractivity contribution < 1.29 is 9.53 Å². The largest absolute Gasteiger partial charge is 0.378 e. The summed E-state index contributed by atoms with van der Waals surface area (Å²) < 4.78 is 5.29. The van der Waals surface area contributed by atoms with Gasteiger partial charge in [0.05, 0.1) is 13.2 Å². The molecule has 0 spiro atoms. The summed E-state index contributed by atoms with van der Waals surface area (Å²) in [5, 5.41) is 2.67. The van der Waals surface area contributed by atoms with E-state index in [2.05, 4.69) is 22.9 Å². The highest BCUT2D eigenvalue weighted by molar-refractivity contribution is 5.98. The van der Waals surface area contributed by atoms with Crippen molar-refractivity contribution in [3.63, 3.8) is 0 Å². The zero-order chi connectivity index (χ0) is 12.1. The summed E-state index contributed by atoms with van der Waals surface area (Å²) in [4.78, 5) is 13.3. The van der Waals surface area contributed by atoms with Crippen molar-refractivity contribution in [1.29, 1.82) is 0 Å². The van der Waals surface area contributed by atoms with E-state index >= 15 is 0 Å². The van der Waals surface area contributed by atoms with E-state index in [9.17, 15) is 4.79 Å². The Morgan fingerprint density at radius 1 is 1.47 bits per heavy atom. The molecule has 0 atom stereocenters. The van der Waals surface area contributed by atoms with Gasteiger partial charge in [0.2, 0.25) is 5.91 Å². The van der Waals surface area contributed by atoms with Gasteiger partial charge in [-0.15, -0.1) is 0 Å². The number of ether oxygens (including phenoxy) is 1. The van der Waals surface area contributed by atoms with Crippen LogP contribution in [-0.4, -0.2) is 32.2 Å². The molecule has 1 radical (unpaired) electrons. The Bertz CT molecular complexity index is 394. The lowest BCUT2D eigenvalue weighted by molar-refractivity contribution is -0.111. The Kier molecular flexibility index (Phi) is 3.77. The monoisotopic (exact) mass is 231 g/mol. The first kappa shape index (κ1) is 11.7. The Balaban J connectivity index is 2.01. The standard InChI is InChI=1S/C13H15N2O2/c1-2-13(16)14-11-3-5-12(6-4-11)15-7-9-17-10-8-15/h2-3,5-6H,1,7-10H2,(H,14,16).